The molecule has 1 aromatic carbocycles. The van der Waals surface area contributed by atoms with Crippen LogP contribution < -0.4 is 10.5 Å². The first-order chi connectivity index (χ1) is 12.1. The fourth-order valence-corrected chi connectivity index (χ4v) is 3.08. The Morgan fingerprint density at radius 1 is 1.24 bits per heavy atom. The summed E-state index contributed by atoms with van der Waals surface area (Å²) in [5, 5.41) is 0.557. The van der Waals surface area contributed by atoms with Crippen molar-refractivity contribution in [2.75, 3.05) is 25.7 Å². The number of hydrogen-bond acceptors (Lipinski definition) is 8. The summed E-state index contributed by atoms with van der Waals surface area (Å²) in [5.74, 6) is 0.726. The molecule has 2 aromatic heterocycles. The van der Waals surface area contributed by atoms with Crippen LogP contribution in [0.15, 0.2) is 35.6 Å². The molecule has 0 saturated carbocycles. The molecule has 0 aliphatic heterocycles. The van der Waals surface area contributed by atoms with Crippen LogP contribution in [0.5, 0.6) is 5.75 Å². The average molecular weight is 359 g/mol. The van der Waals surface area contributed by atoms with Gasteiger partial charge in [-0.3, -0.25) is 4.79 Å². The number of nitrogen functional groups attached to an aromatic ring is 1. The highest BCUT2D eigenvalue weighted by Crippen LogP contribution is 2.25. The number of thioether (sulfide) groups is 1. The Morgan fingerprint density at radius 3 is 2.68 bits per heavy atom. The van der Waals surface area contributed by atoms with Crippen LogP contribution in [0.2, 0.25) is 0 Å². The number of anilines is 1. The third kappa shape index (κ3) is 3.82. The molecule has 3 rings (SSSR count). The molecule has 25 heavy (non-hydrogen) atoms. The van der Waals surface area contributed by atoms with Crippen molar-refractivity contribution < 1.29 is 14.3 Å². The van der Waals surface area contributed by atoms with E-state index in [1.54, 1.807) is 13.4 Å². The van der Waals surface area contributed by atoms with Gasteiger partial charge in [-0.1, -0.05) is 23.9 Å². The van der Waals surface area contributed by atoms with Crippen molar-refractivity contribution in [2.45, 2.75) is 11.6 Å². The minimum absolute atomic E-state index is 0.132. The van der Waals surface area contributed by atoms with Gasteiger partial charge in [-0.25, -0.2) is 9.97 Å². The maximum atomic E-state index is 11.4. The number of ether oxygens (including phenoxy) is 2. The van der Waals surface area contributed by atoms with Gasteiger partial charge >= 0.3 is 5.97 Å². The van der Waals surface area contributed by atoms with Crippen LogP contribution in [0.4, 0.5) is 5.95 Å². The van der Waals surface area contributed by atoms with Crippen molar-refractivity contribution in [3.8, 4) is 5.75 Å². The topological polar surface area (TPSA) is 105 Å². The average Bonchev–Trinajstić information content (AvgIpc) is 3.02. The molecule has 130 valence electrons. The summed E-state index contributed by atoms with van der Waals surface area (Å²) in [6, 6.07) is 7.75. The predicted octanol–water partition coefficient (Wildman–Crippen LogP) is 1.73. The van der Waals surface area contributed by atoms with Gasteiger partial charge in [0, 0.05) is 0 Å². The maximum absolute atomic E-state index is 11.4. The molecule has 0 saturated heterocycles. The predicted molar refractivity (Wildman–Crippen MR) is 94.6 cm³/mol. The first-order valence-corrected chi connectivity index (χ1v) is 8.40. The number of carbonyl (C=O) groups excluding carboxylic acids is 1. The Balaban J connectivity index is 1.89. The highest BCUT2D eigenvalue weighted by atomic mass is 32.2. The summed E-state index contributed by atoms with van der Waals surface area (Å²) >= 11 is 1.22. The second-order valence-corrected chi connectivity index (χ2v) is 6.11. The number of benzene rings is 1. The number of esters is 1. The van der Waals surface area contributed by atoms with E-state index in [-0.39, 0.29) is 17.7 Å². The normalized spacial score (nSPS) is 10.8. The number of imidazole rings is 1. The van der Waals surface area contributed by atoms with E-state index in [0.29, 0.717) is 22.7 Å². The largest absolute Gasteiger partial charge is 0.497 e. The zero-order valence-electron chi connectivity index (χ0n) is 13.8. The Kier molecular flexibility index (Phi) is 5.03. The third-order valence-corrected chi connectivity index (χ3v) is 4.45. The fourth-order valence-electron chi connectivity index (χ4n) is 2.26. The molecule has 2 N–H and O–H groups in total. The Morgan fingerprint density at radius 2 is 2.00 bits per heavy atom. The van der Waals surface area contributed by atoms with E-state index in [1.165, 1.54) is 18.9 Å². The number of aromatic nitrogens is 4. The van der Waals surface area contributed by atoms with E-state index >= 15 is 0 Å². The monoisotopic (exact) mass is 359 g/mol. The molecule has 0 aliphatic carbocycles. The molecule has 0 amide bonds. The van der Waals surface area contributed by atoms with Gasteiger partial charge in [-0.15, -0.1) is 0 Å². The van der Waals surface area contributed by atoms with Gasteiger partial charge in [-0.05, 0) is 17.7 Å². The van der Waals surface area contributed by atoms with Crippen LogP contribution in [0.3, 0.4) is 0 Å². The molecule has 9 heteroatoms. The second-order valence-electron chi connectivity index (χ2n) is 5.14. The van der Waals surface area contributed by atoms with Crippen molar-refractivity contribution in [1.82, 2.24) is 19.5 Å². The van der Waals surface area contributed by atoms with Crippen LogP contribution in [-0.4, -0.2) is 45.5 Å². The molecule has 0 aliphatic rings. The third-order valence-electron chi connectivity index (χ3n) is 3.52. The Labute approximate surface area is 148 Å². The number of rotatable bonds is 6. The fraction of sp³-hybridized carbons (Fsp3) is 0.250. The maximum Gasteiger partial charge on any atom is 0.316 e. The summed E-state index contributed by atoms with van der Waals surface area (Å²) in [5.41, 5.74) is 8.11. The molecule has 2 heterocycles. The van der Waals surface area contributed by atoms with Gasteiger partial charge in [0.2, 0.25) is 5.95 Å². The molecule has 0 atom stereocenters. The number of nitrogens with two attached hydrogens (primary N) is 1. The van der Waals surface area contributed by atoms with E-state index in [9.17, 15) is 4.79 Å². The van der Waals surface area contributed by atoms with Crippen molar-refractivity contribution in [1.29, 1.82) is 0 Å². The summed E-state index contributed by atoms with van der Waals surface area (Å²) in [6.45, 7) is 0.581. The molecule has 0 bridgehead atoms. The van der Waals surface area contributed by atoms with E-state index in [1.807, 2.05) is 28.8 Å². The highest BCUT2D eigenvalue weighted by Gasteiger charge is 2.14. The van der Waals surface area contributed by atoms with Crippen molar-refractivity contribution in [3.05, 3.63) is 36.2 Å². The molecular weight excluding hydrogens is 342 g/mol. The molecule has 0 radical (unpaired) electrons. The molecule has 0 unspecified atom stereocenters. The highest BCUT2D eigenvalue weighted by molar-refractivity contribution is 8.00. The summed E-state index contributed by atoms with van der Waals surface area (Å²) < 4.78 is 11.7. The van der Waals surface area contributed by atoms with Crippen molar-refractivity contribution >= 4 is 34.8 Å². The standard InChI is InChI=1S/C16H17N5O3S/c1-23-11-5-3-10(4-6-11)7-21-9-18-13-14(21)19-16(17)20-15(13)25-8-12(22)24-2/h3-6,9H,7-8H2,1-2H3,(H2,17,19,20). The van der Waals surface area contributed by atoms with E-state index < -0.39 is 0 Å². The minimum Gasteiger partial charge on any atom is -0.497 e. The molecule has 0 fully saturated rings. The van der Waals surface area contributed by atoms with Crippen LogP contribution in [0.25, 0.3) is 11.2 Å². The van der Waals surface area contributed by atoms with Crippen LogP contribution in [0.1, 0.15) is 5.56 Å². The van der Waals surface area contributed by atoms with Crippen LogP contribution in [0, 0.1) is 0 Å². The first-order valence-electron chi connectivity index (χ1n) is 7.41. The Bertz CT molecular complexity index is 895. The zero-order chi connectivity index (χ0) is 17.8. The SMILES string of the molecule is COC(=O)CSc1nc(N)nc2c1ncn2Cc1ccc(OC)cc1. The van der Waals surface area contributed by atoms with Gasteiger partial charge < -0.3 is 19.8 Å². The second kappa shape index (κ2) is 7.39. The summed E-state index contributed by atoms with van der Waals surface area (Å²) in [7, 11) is 2.97. The van der Waals surface area contributed by atoms with Gasteiger partial charge in [0.1, 0.15) is 16.3 Å². The van der Waals surface area contributed by atoms with E-state index in [2.05, 4.69) is 19.7 Å². The van der Waals surface area contributed by atoms with Crippen LogP contribution in [-0.2, 0) is 16.1 Å². The smallest absolute Gasteiger partial charge is 0.316 e. The van der Waals surface area contributed by atoms with Gasteiger partial charge in [0.25, 0.3) is 0 Å². The summed E-state index contributed by atoms with van der Waals surface area (Å²) in [4.78, 5) is 24.2. The minimum atomic E-state index is -0.340. The first kappa shape index (κ1) is 17.0. The van der Waals surface area contributed by atoms with Crippen LogP contribution >= 0.6 is 11.8 Å². The Hall–Kier alpha value is -2.81. The van der Waals surface area contributed by atoms with Gasteiger partial charge in [0.15, 0.2) is 5.65 Å². The molecule has 0 spiro atoms. The lowest BCUT2D eigenvalue weighted by molar-refractivity contribution is -0.137. The lowest BCUT2D eigenvalue weighted by Crippen LogP contribution is -2.05. The van der Waals surface area contributed by atoms with Crippen molar-refractivity contribution in [3.63, 3.8) is 0 Å². The quantitative estimate of drug-likeness (QED) is 0.403. The number of nitrogens with zero attached hydrogens (tertiary/aromatic N) is 4. The van der Waals surface area contributed by atoms with Crippen molar-refractivity contribution in [2.24, 2.45) is 0 Å². The molecular formula is C16H17N5O3S. The molecule has 3 aromatic rings. The number of fused-ring (bicyclic) bond motifs is 1. The van der Waals surface area contributed by atoms with Gasteiger partial charge in [-0.2, -0.15) is 4.98 Å². The zero-order valence-corrected chi connectivity index (χ0v) is 14.6. The lowest BCUT2D eigenvalue weighted by Gasteiger charge is -2.07. The molecule has 8 nitrogen and oxygen atoms in total. The number of carbonyl (C=O) groups is 1. The van der Waals surface area contributed by atoms with Gasteiger partial charge in [0.05, 0.1) is 32.8 Å². The summed E-state index contributed by atoms with van der Waals surface area (Å²) in [6.07, 6.45) is 1.69. The number of methoxy groups -OCH3 is 2. The van der Waals surface area contributed by atoms with E-state index in [0.717, 1.165) is 11.3 Å². The lowest BCUT2D eigenvalue weighted by atomic mass is 10.2. The number of hydrogen-bond donors (Lipinski definition) is 1. The van der Waals surface area contributed by atoms with E-state index in [4.69, 9.17) is 10.5 Å².